The average Bonchev–Trinajstić information content (AvgIpc) is 2.57. The van der Waals surface area contributed by atoms with Gasteiger partial charge in [0.2, 0.25) is 0 Å². The van der Waals surface area contributed by atoms with Crippen LogP contribution < -0.4 is 0 Å². The van der Waals surface area contributed by atoms with Crippen molar-refractivity contribution in [2.45, 2.75) is 39.4 Å². The van der Waals surface area contributed by atoms with E-state index in [1.54, 1.807) is 7.05 Å². The Morgan fingerprint density at radius 3 is 2.75 bits per heavy atom. The second kappa shape index (κ2) is 4.65. The quantitative estimate of drug-likeness (QED) is 0.831. The fourth-order valence-corrected chi connectivity index (χ4v) is 1.18. The Kier molecular flexibility index (Phi) is 3.70. The van der Waals surface area contributed by atoms with Gasteiger partial charge in [-0.15, -0.1) is 0 Å². The number of carboxylic acids is 1. The molecule has 1 aromatic heterocycles. The number of aryl methyl sites for hydroxylation is 1. The van der Waals surface area contributed by atoms with Crippen LogP contribution in [0.25, 0.3) is 0 Å². The van der Waals surface area contributed by atoms with E-state index in [9.17, 15) is 4.79 Å². The van der Waals surface area contributed by atoms with Gasteiger partial charge in [0.25, 0.3) is 0 Å². The summed E-state index contributed by atoms with van der Waals surface area (Å²) in [4.78, 5) is 10.9. The summed E-state index contributed by atoms with van der Waals surface area (Å²) in [5, 5.41) is 12.9. The van der Waals surface area contributed by atoms with Crippen LogP contribution >= 0.6 is 0 Å². The summed E-state index contributed by atoms with van der Waals surface area (Å²) in [6.07, 6.45) is 2.22. The molecule has 16 heavy (non-hydrogen) atoms. The summed E-state index contributed by atoms with van der Waals surface area (Å²) in [6, 6.07) is 0. The lowest BCUT2D eigenvalue weighted by atomic mass is 10.1. The first-order valence-corrected chi connectivity index (χ1v) is 5.25. The molecule has 5 nitrogen and oxygen atoms in total. The molecule has 0 spiro atoms. The molecule has 0 fully saturated rings. The van der Waals surface area contributed by atoms with Crippen LogP contribution in [0.5, 0.6) is 0 Å². The number of hydrogen-bond acceptors (Lipinski definition) is 3. The highest BCUT2D eigenvalue weighted by Crippen LogP contribution is 2.18. The van der Waals surface area contributed by atoms with Crippen LogP contribution in [0.3, 0.4) is 0 Å². The molecule has 90 valence electrons. The van der Waals surface area contributed by atoms with E-state index in [-0.39, 0.29) is 17.8 Å². The smallest absolute Gasteiger partial charge is 0.339 e. The molecule has 0 aliphatic heterocycles. The van der Waals surface area contributed by atoms with Crippen LogP contribution in [0, 0.1) is 0 Å². The lowest BCUT2D eigenvalue weighted by Gasteiger charge is -2.23. The van der Waals surface area contributed by atoms with Gasteiger partial charge in [-0.25, -0.2) is 4.79 Å². The van der Waals surface area contributed by atoms with Crippen LogP contribution in [0.1, 0.15) is 43.2 Å². The van der Waals surface area contributed by atoms with Crippen molar-refractivity contribution in [3.8, 4) is 0 Å². The topological polar surface area (TPSA) is 64.3 Å². The fraction of sp³-hybridized carbons (Fsp3) is 0.636. The lowest BCUT2D eigenvalue weighted by molar-refractivity contribution is -0.0345. The van der Waals surface area contributed by atoms with E-state index in [1.165, 1.54) is 10.9 Å². The van der Waals surface area contributed by atoms with Gasteiger partial charge < -0.3 is 9.84 Å². The maximum atomic E-state index is 10.9. The first kappa shape index (κ1) is 12.7. The molecule has 0 unspecified atom stereocenters. The largest absolute Gasteiger partial charge is 0.478 e. The minimum Gasteiger partial charge on any atom is -0.478 e. The molecule has 0 saturated carbocycles. The highest BCUT2D eigenvalue weighted by molar-refractivity contribution is 5.88. The molecule has 0 aliphatic carbocycles. The van der Waals surface area contributed by atoms with Crippen molar-refractivity contribution in [1.29, 1.82) is 0 Å². The molecule has 0 aliphatic rings. The van der Waals surface area contributed by atoms with E-state index < -0.39 is 5.97 Å². The molecule has 1 aromatic rings. The van der Waals surface area contributed by atoms with Crippen molar-refractivity contribution < 1.29 is 14.6 Å². The minimum atomic E-state index is -0.971. The summed E-state index contributed by atoms with van der Waals surface area (Å²) < 4.78 is 7.21. The third-order valence-corrected chi connectivity index (χ3v) is 2.74. The van der Waals surface area contributed by atoms with Gasteiger partial charge >= 0.3 is 5.97 Å². The molecule has 0 atom stereocenters. The van der Waals surface area contributed by atoms with E-state index in [2.05, 4.69) is 5.10 Å². The first-order valence-electron chi connectivity index (χ1n) is 5.25. The summed E-state index contributed by atoms with van der Waals surface area (Å²) in [5.74, 6) is -0.971. The van der Waals surface area contributed by atoms with Crippen LogP contribution in [-0.4, -0.2) is 26.5 Å². The second-order valence-electron chi connectivity index (χ2n) is 4.34. The maximum absolute atomic E-state index is 10.9. The minimum absolute atomic E-state index is 0.203. The van der Waals surface area contributed by atoms with Gasteiger partial charge in [0, 0.05) is 7.05 Å². The third kappa shape index (κ3) is 2.82. The summed E-state index contributed by atoms with van der Waals surface area (Å²) in [6.45, 7) is 6.24. The van der Waals surface area contributed by atoms with E-state index in [0.717, 1.165) is 6.42 Å². The van der Waals surface area contributed by atoms with Gasteiger partial charge in [-0.3, -0.25) is 4.68 Å². The Labute approximate surface area is 95.0 Å². The zero-order chi connectivity index (χ0) is 12.3. The average molecular weight is 226 g/mol. The Morgan fingerprint density at radius 2 is 2.25 bits per heavy atom. The highest BCUT2D eigenvalue weighted by atomic mass is 16.5. The van der Waals surface area contributed by atoms with Gasteiger partial charge in [-0.2, -0.15) is 5.10 Å². The Bertz CT molecular complexity index is 383. The normalized spacial score (nSPS) is 11.8. The maximum Gasteiger partial charge on any atom is 0.339 e. The standard InChI is InChI=1S/C11H18N2O3/c1-5-11(2,3)16-7-9-8(10(14)15)6-12-13(9)4/h6H,5,7H2,1-4H3,(H,14,15). The summed E-state index contributed by atoms with van der Waals surface area (Å²) in [5.41, 5.74) is 0.545. The lowest BCUT2D eigenvalue weighted by Crippen LogP contribution is -2.24. The molecule has 1 rings (SSSR count). The molecular weight excluding hydrogens is 208 g/mol. The van der Waals surface area contributed by atoms with Crippen molar-refractivity contribution >= 4 is 5.97 Å². The third-order valence-electron chi connectivity index (χ3n) is 2.74. The second-order valence-corrected chi connectivity index (χ2v) is 4.34. The monoisotopic (exact) mass is 226 g/mol. The summed E-state index contributed by atoms with van der Waals surface area (Å²) in [7, 11) is 1.71. The van der Waals surface area contributed by atoms with Crippen molar-refractivity contribution in [2.24, 2.45) is 7.05 Å². The van der Waals surface area contributed by atoms with Gasteiger partial charge in [0.15, 0.2) is 0 Å². The van der Waals surface area contributed by atoms with Crippen molar-refractivity contribution in [3.05, 3.63) is 17.5 Å². The van der Waals surface area contributed by atoms with Crippen LogP contribution in [0.15, 0.2) is 6.20 Å². The van der Waals surface area contributed by atoms with E-state index >= 15 is 0 Å². The number of aromatic nitrogens is 2. The number of ether oxygens (including phenoxy) is 1. The van der Waals surface area contributed by atoms with Gasteiger partial charge in [0.1, 0.15) is 5.56 Å². The Balaban J connectivity index is 2.81. The number of carbonyl (C=O) groups is 1. The highest BCUT2D eigenvalue weighted by Gasteiger charge is 2.20. The molecule has 5 heteroatoms. The van der Waals surface area contributed by atoms with Gasteiger partial charge in [0.05, 0.1) is 24.1 Å². The number of aromatic carboxylic acids is 1. The van der Waals surface area contributed by atoms with Crippen molar-refractivity contribution in [2.75, 3.05) is 0 Å². The van der Waals surface area contributed by atoms with Crippen molar-refractivity contribution in [3.63, 3.8) is 0 Å². The zero-order valence-corrected chi connectivity index (χ0v) is 10.1. The SMILES string of the molecule is CCC(C)(C)OCc1c(C(=O)O)cnn1C. The van der Waals surface area contributed by atoms with Crippen LogP contribution in [0.2, 0.25) is 0 Å². The molecule has 0 amide bonds. The van der Waals surface area contributed by atoms with Gasteiger partial charge in [-0.1, -0.05) is 6.92 Å². The molecule has 1 heterocycles. The van der Waals surface area contributed by atoms with E-state index in [1.807, 2.05) is 20.8 Å². The van der Waals surface area contributed by atoms with Crippen LogP contribution in [-0.2, 0) is 18.4 Å². The van der Waals surface area contributed by atoms with Gasteiger partial charge in [-0.05, 0) is 20.3 Å². The predicted molar refractivity (Wildman–Crippen MR) is 59.3 cm³/mol. The number of rotatable bonds is 5. The number of nitrogens with zero attached hydrogens (tertiary/aromatic N) is 2. The molecule has 0 saturated heterocycles. The van der Waals surface area contributed by atoms with E-state index in [4.69, 9.17) is 9.84 Å². The Hall–Kier alpha value is -1.36. The number of hydrogen-bond donors (Lipinski definition) is 1. The fourth-order valence-electron chi connectivity index (χ4n) is 1.18. The van der Waals surface area contributed by atoms with Crippen LogP contribution in [0.4, 0.5) is 0 Å². The Morgan fingerprint density at radius 1 is 1.62 bits per heavy atom. The predicted octanol–water partition coefficient (Wildman–Crippen LogP) is 1.82. The zero-order valence-electron chi connectivity index (χ0n) is 10.1. The molecule has 0 radical (unpaired) electrons. The van der Waals surface area contributed by atoms with E-state index in [0.29, 0.717) is 5.69 Å². The molecule has 0 aromatic carbocycles. The summed E-state index contributed by atoms with van der Waals surface area (Å²) >= 11 is 0. The number of carboxylic acid groups (broad SMARTS) is 1. The van der Waals surface area contributed by atoms with Crippen molar-refractivity contribution in [1.82, 2.24) is 9.78 Å². The molecular formula is C11H18N2O3. The molecule has 0 bridgehead atoms. The first-order chi connectivity index (χ1) is 7.37. The molecule has 1 N–H and O–H groups in total.